The van der Waals surface area contributed by atoms with Gasteiger partial charge in [-0.25, -0.2) is 9.18 Å². The number of benzene rings is 3. The molecule has 3 rings (SSSR count). The SMILES string of the molecule is CCCCCCCCOc1ccc(-c2ccc(C(=O)Oc3ccc(CCCCCCC)cc3)cc2)c(F)c1F. The summed E-state index contributed by atoms with van der Waals surface area (Å²) in [6.45, 7) is 4.74. The Morgan fingerprint density at radius 1 is 0.667 bits per heavy atom. The van der Waals surface area contributed by atoms with Crippen molar-refractivity contribution in [3.05, 3.63) is 83.4 Å². The van der Waals surface area contributed by atoms with Crippen LogP contribution in [0.15, 0.2) is 60.7 Å². The molecule has 3 aromatic carbocycles. The Kier molecular flexibility index (Phi) is 13.0. The molecule has 0 N–H and O–H groups in total. The molecule has 0 heterocycles. The van der Waals surface area contributed by atoms with Crippen molar-refractivity contribution < 1.29 is 23.0 Å². The molecule has 0 saturated heterocycles. The quantitative estimate of drug-likeness (QED) is 0.0978. The van der Waals surface area contributed by atoms with Crippen LogP contribution in [0.3, 0.4) is 0 Å². The van der Waals surface area contributed by atoms with Crippen LogP contribution >= 0.6 is 0 Å². The molecular weight excluding hydrogens is 494 g/mol. The molecule has 0 aromatic heterocycles. The molecular formula is C34H42F2O3. The number of aryl methyl sites for hydroxylation is 1. The Morgan fingerprint density at radius 3 is 1.95 bits per heavy atom. The van der Waals surface area contributed by atoms with Crippen LogP contribution < -0.4 is 9.47 Å². The number of carbonyl (C=O) groups excluding carboxylic acids is 1. The lowest BCUT2D eigenvalue weighted by atomic mass is 10.0. The standard InChI is InChI=1S/C34H42F2O3/c1-3-5-7-9-11-13-25-38-31-24-23-30(32(35)33(31)36)27-17-19-28(20-18-27)34(37)39-29-21-15-26(16-22-29)14-12-10-8-6-4-2/h15-24H,3-14,25H2,1-2H3. The molecule has 0 saturated carbocycles. The average Bonchev–Trinajstić information content (AvgIpc) is 2.95. The van der Waals surface area contributed by atoms with Crippen LogP contribution in [0.5, 0.6) is 11.5 Å². The minimum atomic E-state index is -0.994. The molecule has 0 bridgehead atoms. The van der Waals surface area contributed by atoms with E-state index in [1.54, 1.807) is 24.3 Å². The largest absolute Gasteiger partial charge is 0.490 e. The van der Waals surface area contributed by atoms with Gasteiger partial charge in [0, 0.05) is 5.56 Å². The summed E-state index contributed by atoms with van der Waals surface area (Å²) in [6.07, 6.45) is 13.7. The monoisotopic (exact) mass is 536 g/mol. The highest BCUT2D eigenvalue weighted by molar-refractivity contribution is 5.91. The third-order valence-corrected chi connectivity index (χ3v) is 6.94. The smallest absolute Gasteiger partial charge is 0.343 e. The molecule has 0 amide bonds. The number of ether oxygens (including phenoxy) is 2. The van der Waals surface area contributed by atoms with Crippen LogP contribution in [0, 0.1) is 11.6 Å². The zero-order valence-electron chi connectivity index (χ0n) is 23.4. The molecule has 3 aromatic rings. The van der Waals surface area contributed by atoms with E-state index in [1.807, 2.05) is 24.3 Å². The first-order valence-corrected chi connectivity index (χ1v) is 14.6. The van der Waals surface area contributed by atoms with E-state index in [-0.39, 0.29) is 11.3 Å². The number of rotatable bonds is 17. The molecule has 0 fully saturated rings. The summed E-state index contributed by atoms with van der Waals surface area (Å²) in [5.41, 5.74) is 2.14. The number of halogens is 2. The molecule has 0 radical (unpaired) electrons. The highest BCUT2D eigenvalue weighted by atomic mass is 19.2. The van der Waals surface area contributed by atoms with E-state index in [0.717, 1.165) is 32.1 Å². The average molecular weight is 537 g/mol. The molecule has 210 valence electrons. The molecule has 3 nitrogen and oxygen atoms in total. The highest BCUT2D eigenvalue weighted by Crippen LogP contribution is 2.30. The van der Waals surface area contributed by atoms with Gasteiger partial charge in [-0.3, -0.25) is 0 Å². The van der Waals surface area contributed by atoms with Crippen molar-refractivity contribution in [2.75, 3.05) is 6.61 Å². The van der Waals surface area contributed by atoms with Crippen molar-refractivity contribution >= 4 is 5.97 Å². The van der Waals surface area contributed by atoms with Crippen molar-refractivity contribution in [1.29, 1.82) is 0 Å². The summed E-state index contributed by atoms with van der Waals surface area (Å²) in [5.74, 6) is -2.06. The van der Waals surface area contributed by atoms with Gasteiger partial charge < -0.3 is 9.47 Å². The zero-order valence-corrected chi connectivity index (χ0v) is 23.4. The van der Waals surface area contributed by atoms with Crippen LogP contribution in [0.1, 0.15) is 100 Å². The number of esters is 1. The topological polar surface area (TPSA) is 35.5 Å². The Hall–Kier alpha value is -3.21. The van der Waals surface area contributed by atoms with Gasteiger partial charge in [0.2, 0.25) is 5.82 Å². The predicted molar refractivity (Wildman–Crippen MR) is 155 cm³/mol. The Morgan fingerprint density at radius 2 is 1.28 bits per heavy atom. The maximum Gasteiger partial charge on any atom is 0.343 e. The van der Waals surface area contributed by atoms with E-state index in [4.69, 9.17) is 9.47 Å². The summed E-state index contributed by atoms with van der Waals surface area (Å²) in [6, 6.07) is 16.9. The van der Waals surface area contributed by atoms with E-state index in [9.17, 15) is 13.6 Å². The highest BCUT2D eigenvalue weighted by Gasteiger charge is 2.17. The van der Waals surface area contributed by atoms with Crippen molar-refractivity contribution in [2.24, 2.45) is 0 Å². The van der Waals surface area contributed by atoms with Gasteiger partial charge in [0.05, 0.1) is 12.2 Å². The lowest BCUT2D eigenvalue weighted by Gasteiger charge is -2.11. The van der Waals surface area contributed by atoms with Gasteiger partial charge in [0.1, 0.15) is 5.75 Å². The van der Waals surface area contributed by atoms with Crippen molar-refractivity contribution in [1.82, 2.24) is 0 Å². The maximum atomic E-state index is 14.8. The molecule has 0 spiro atoms. The second-order valence-electron chi connectivity index (χ2n) is 10.1. The van der Waals surface area contributed by atoms with Crippen LogP contribution in [0.2, 0.25) is 0 Å². The van der Waals surface area contributed by atoms with E-state index in [1.165, 1.54) is 62.6 Å². The second-order valence-corrected chi connectivity index (χ2v) is 10.1. The first-order chi connectivity index (χ1) is 19.0. The van der Waals surface area contributed by atoms with Crippen LogP contribution in [-0.2, 0) is 6.42 Å². The van der Waals surface area contributed by atoms with Gasteiger partial charge >= 0.3 is 5.97 Å². The molecule has 0 aliphatic rings. The van der Waals surface area contributed by atoms with Gasteiger partial charge in [-0.15, -0.1) is 0 Å². The van der Waals surface area contributed by atoms with Crippen LogP contribution in [0.4, 0.5) is 8.78 Å². The predicted octanol–water partition coefficient (Wildman–Crippen LogP) is 10.1. The molecule has 39 heavy (non-hydrogen) atoms. The summed E-state index contributed by atoms with van der Waals surface area (Å²) in [5, 5.41) is 0. The fourth-order valence-corrected chi connectivity index (χ4v) is 4.54. The zero-order chi connectivity index (χ0) is 27.9. The van der Waals surface area contributed by atoms with E-state index < -0.39 is 17.6 Å². The molecule has 5 heteroatoms. The minimum absolute atomic E-state index is 0.0764. The fraction of sp³-hybridized carbons (Fsp3) is 0.441. The second kappa shape index (κ2) is 16.7. The number of unbranched alkanes of at least 4 members (excludes halogenated alkanes) is 9. The van der Waals surface area contributed by atoms with Crippen molar-refractivity contribution in [3.8, 4) is 22.6 Å². The lowest BCUT2D eigenvalue weighted by Crippen LogP contribution is -2.08. The Bertz CT molecular complexity index is 1140. The van der Waals surface area contributed by atoms with Gasteiger partial charge in [-0.2, -0.15) is 4.39 Å². The minimum Gasteiger partial charge on any atom is -0.490 e. The number of hydrogen-bond acceptors (Lipinski definition) is 3. The Labute approximate surface area is 232 Å². The van der Waals surface area contributed by atoms with Gasteiger partial charge in [0.25, 0.3) is 0 Å². The number of hydrogen-bond donors (Lipinski definition) is 0. The molecule has 0 aliphatic carbocycles. The third-order valence-electron chi connectivity index (χ3n) is 6.94. The first kappa shape index (κ1) is 30.3. The molecule has 0 unspecified atom stereocenters. The Balaban J connectivity index is 1.52. The normalized spacial score (nSPS) is 11.0. The van der Waals surface area contributed by atoms with Gasteiger partial charge in [-0.05, 0) is 66.8 Å². The molecule has 0 atom stereocenters. The lowest BCUT2D eigenvalue weighted by molar-refractivity contribution is 0.0734. The van der Waals surface area contributed by atoms with Gasteiger partial charge in [0.15, 0.2) is 11.6 Å². The van der Waals surface area contributed by atoms with Crippen molar-refractivity contribution in [2.45, 2.75) is 90.9 Å². The van der Waals surface area contributed by atoms with Crippen molar-refractivity contribution in [3.63, 3.8) is 0 Å². The fourth-order valence-electron chi connectivity index (χ4n) is 4.54. The van der Waals surface area contributed by atoms with Gasteiger partial charge in [-0.1, -0.05) is 95.9 Å². The number of carbonyl (C=O) groups is 1. The summed E-state index contributed by atoms with van der Waals surface area (Å²) < 4.78 is 40.5. The van der Waals surface area contributed by atoms with Crippen LogP contribution in [-0.4, -0.2) is 12.6 Å². The third kappa shape index (κ3) is 9.80. The first-order valence-electron chi connectivity index (χ1n) is 14.6. The summed E-state index contributed by atoms with van der Waals surface area (Å²) >= 11 is 0. The molecule has 0 aliphatic heterocycles. The van der Waals surface area contributed by atoms with E-state index >= 15 is 0 Å². The van der Waals surface area contributed by atoms with Crippen LogP contribution in [0.25, 0.3) is 11.1 Å². The maximum absolute atomic E-state index is 14.8. The van der Waals surface area contributed by atoms with E-state index in [2.05, 4.69) is 13.8 Å². The summed E-state index contributed by atoms with van der Waals surface area (Å²) in [7, 11) is 0. The van der Waals surface area contributed by atoms with E-state index in [0.29, 0.717) is 23.5 Å². The summed E-state index contributed by atoms with van der Waals surface area (Å²) in [4.78, 5) is 12.6.